The third-order valence-electron chi connectivity index (χ3n) is 10.0. The highest BCUT2D eigenvalue weighted by Gasteiger charge is 2.53. The van der Waals surface area contributed by atoms with Crippen LogP contribution in [-0.4, -0.2) is 90.4 Å². The van der Waals surface area contributed by atoms with Crippen LogP contribution in [-0.2, 0) is 49.1 Å². The highest BCUT2D eigenvalue weighted by molar-refractivity contribution is 5.89. The highest BCUT2D eigenvalue weighted by Crippen LogP contribution is 2.45. The Kier molecular flexibility index (Phi) is 16.0. The van der Waals surface area contributed by atoms with Crippen molar-refractivity contribution in [1.82, 2.24) is 10.6 Å². The number of ether oxygens (including phenoxy) is 2. The molecule has 0 aliphatic carbocycles. The lowest BCUT2D eigenvalue weighted by molar-refractivity contribution is -0.369. The molecular formula is C42H60N2O14. The minimum absolute atomic E-state index is 0.0506. The molecule has 2 aromatic rings. The standard InChI is InChI=1S/C42H60N2O14/c1-25(43-31(45)18-20-33(47)48)23-39(9,35(51)57-41(53,54)37(3,4)5)29-17-16-28(27-14-12-11-13-15-27)22-30(29)40(10,36(52)58-42(55,56)38(6,7)8)24-26(2)44-32(46)19-21-34(49)50/h11-17,22,25-26,53-56H,18-21,23-24H2,1-10H3,(H,43,45)(H,44,46)(H,47,48)(H,49,50)/t25?,26-,39?,40+/m0/s1. The van der Waals surface area contributed by atoms with Crippen LogP contribution >= 0.6 is 0 Å². The normalized spacial score (nSPS) is 15.5. The number of carbonyl (C=O) groups is 6. The Balaban J connectivity index is 3.05. The van der Waals surface area contributed by atoms with E-state index in [1.165, 1.54) is 75.3 Å². The van der Waals surface area contributed by atoms with Crippen molar-refractivity contribution in [2.45, 2.75) is 143 Å². The number of benzene rings is 2. The van der Waals surface area contributed by atoms with Gasteiger partial charge in [-0.25, -0.2) is 0 Å². The summed E-state index contributed by atoms with van der Waals surface area (Å²) in [6.45, 7) is 14.3. The number of aliphatic carboxylic acids is 2. The van der Waals surface area contributed by atoms with Gasteiger partial charge in [0.15, 0.2) is 0 Å². The number of carboxylic acid groups (broad SMARTS) is 2. The molecule has 4 atom stereocenters. The maximum atomic E-state index is 14.7. The second kappa shape index (κ2) is 18.8. The molecule has 58 heavy (non-hydrogen) atoms. The first-order chi connectivity index (χ1) is 26.4. The minimum atomic E-state index is -3.05. The monoisotopic (exact) mass is 816 g/mol. The first-order valence-electron chi connectivity index (χ1n) is 19.0. The van der Waals surface area contributed by atoms with Crippen molar-refractivity contribution in [3.8, 4) is 11.1 Å². The maximum Gasteiger partial charge on any atom is 0.329 e. The Morgan fingerprint density at radius 2 is 0.931 bits per heavy atom. The number of amides is 2. The van der Waals surface area contributed by atoms with Gasteiger partial charge >= 0.3 is 35.8 Å². The summed E-state index contributed by atoms with van der Waals surface area (Å²) < 4.78 is 10.9. The van der Waals surface area contributed by atoms with Gasteiger partial charge in [0.05, 0.1) is 34.5 Å². The van der Waals surface area contributed by atoms with Crippen LogP contribution in [0.1, 0.15) is 119 Å². The van der Waals surface area contributed by atoms with Gasteiger partial charge in [-0.15, -0.1) is 0 Å². The quantitative estimate of drug-likeness (QED) is 0.0740. The third-order valence-corrected chi connectivity index (χ3v) is 10.0. The number of nitrogens with one attached hydrogen (secondary N) is 2. The molecule has 0 radical (unpaired) electrons. The fourth-order valence-electron chi connectivity index (χ4n) is 6.15. The second-order valence-corrected chi connectivity index (χ2v) is 17.4. The van der Waals surface area contributed by atoms with E-state index in [0.717, 1.165) is 0 Å². The molecule has 8 N–H and O–H groups in total. The van der Waals surface area contributed by atoms with Crippen molar-refractivity contribution in [2.75, 3.05) is 0 Å². The lowest BCUT2D eigenvalue weighted by Gasteiger charge is -2.42. The molecule has 16 heteroatoms. The number of carboxylic acids is 2. The van der Waals surface area contributed by atoms with Crippen molar-refractivity contribution < 1.29 is 68.9 Å². The van der Waals surface area contributed by atoms with E-state index >= 15 is 0 Å². The number of aliphatic hydroxyl groups is 4. The van der Waals surface area contributed by atoms with E-state index < -0.39 is 94.2 Å². The molecule has 0 aliphatic heterocycles. The zero-order valence-corrected chi connectivity index (χ0v) is 35.0. The second-order valence-electron chi connectivity index (χ2n) is 17.4. The Morgan fingerprint density at radius 3 is 1.29 bits per heavy atom. The van der Waals surface area contributed by atoms with Crippen LogP contribution in [0.5, 0.6) is 0 Å². The van der Waals surface area contributed by atoms with Gasteiger partial charge in [-0.3, -0.25) is 28.8 Å². The molecule has 2 amide bonds. The van der Waals surface area contributed by atoms with Crippen molar-refractivity contribution in [2.24, 2.45) is 10.8 Å². The number of hydrogen-bond donors (Lipinski definition) is 8. The van der Waals surface area contributed by atoms with Gasteiger partial charge in [0, 0.05) is 24.9 Å². The van der Waals surface area contributed by atoms with Crippen LogP contribution in [0, 0.1) is 10.8 Å². The Hall–Kier alpha value is -4.90. The molecular weight excluding hydrogens is 756 g/mol. The van der Waals surface area contributed by atoms with E-state index in [2.05, 4.69) is 10.6 Å². The summed E-state index contributed by atoms with van der Waals surface area (Å²) in [5.41, 5.74) is -5.56. The topological polar surface area (TPSA) is 266 Å². The highest BCUT2D eigenvalue weighted by atomic mass is 16.8. The van der Waals surface area contributed by atoms with E-state index in [4.69, 9.17) is 19.7 Å². The van der Waals surface area contributed by atoms with Crippen molar-refractivity contribution >= 4 is 35.7 Å². The summed E-state index contributed by atoms with van der Waals surface area (Å²) in [6, 6.07) is 11.8. The van der Waals surface area contributed by atoms with Crippen molar-refractivity contribution in [1.29, 1.82) is 0 Å². The number of rotatable bonds is 19. The molecule has 0 aliphatic rings. The summed E-state index contributed by atoms with van der Waals surface area (Å²) >= 11 is 0. The first-order valence-corrected chi connectivity index (χ1v) is 19.0. The predicted molar refractivity (Wildman–Crippen MR) is 210 cm³/mol. The molecule has 2 aromatic carbocycles. The predicted octanol–water partition coefficient (Wildman–Crippen LogP) is 3.84. The van der Waals surface area contributed by atoms with Gasteiger partial charge in [0.2, 0.25) is 11.8 Å². The van der Waals surface area contributed by atoms with E-state index in [0.29, 0.717) is 11.1 Å². The average molecular weight is 817 g/mol. The Labute approximate surface area is 338 Å². The van der Waals surface area contributed by atoms with E-state index in [9.17, 15) is 49.2 Å². The van der Waals surface area contributed by atoms with Gasteiger partial charge in [-0.05, 0) is 68.9 Å². The molecule has 0 spiro atoms. The molecule has 0 saturated heterocycles. The minimum Gasteiger partial charge on any atom is -0.481 e. The summed E-state index contributed by atoms with van der Waals surface area (Å²) in [7, 11) is 0. The Bertz CT molecular complexity index is 1810. The number of hydrogen-bond acceptors (Lipinski definition) is 12. The van der Waals surface area contributed by atoms with Gasteiger partial charge in [-0.1, -0.05) is 84.0 Å². The van der Waals surface area contributed by atoms with E-state index in [1.54, 1.807) is 42.5 Å². The maximum absolute atomic E-state index is 14.7. The van der Waals surface area contributed by atoms with E-state index in [1.807, 2.05) is 0 Å². The fourth-order valence-corrected chi connectivity index (χ4v) is 6.15. The van der Waals surface area contributed by atoms with Crippen molar-refractivity contribution in [3.63, 3.8) is 0 Å². The van der Waals surface area contributed by atoms with Gasteiger partial charge in [0.25, 0.3) is 0 Å². The summed E-state index contributed by atoms with van der Waals surface area (Å²) in [5.74, 6) is -12.2. The van der Waals surface area contributed by atoms with Gasteiger partial charge in [-0.2, -0.15) is 0 Å². The lowest BCUT2D eigenvalue weighted by atomic mass is 9.67. The fraction of sp³-hybridized carbons (Fsp3) is 0.571. The summed E-state index contributed by atoms with van der Waals surface area (Å²) in [5, 5.41) is 67.7. The van der Waals surface area contributed by atoms with Crippen LogP contribution in [0.3, 0.4) is 0 Å². The van der Waals surface area contributed by atoms with Crippen LogP contribution in [0.4, 0.5) is 0 Å². The van der Waals surface area contributed by atoms with Crippen LogP contribution < -0.4 is 10.6 Å². The molecule has 2 unspecified atom stereocenters. The first kappa shape index (κ1) is 49.2. The number of carbonyl (C=O) groups excluding carboxylic acids is 4. The smallest absolute Gasteiger partial charge is 0.329 e. The lowest BCUT2D eigenvalue weighted by Crippen LogP contribution is -2.54. The largest absolute Gasteiger partial charge is 0.481 e. The zero-order valence-electron chi connectivity index (χ0n) is 35.0. The average Bonchev–Trinajstić information content (AvgIpc) is 3.08. The zero-order chi connectivity index (χ0) is 44.7. The molecule has 0 heterocycles. The van der Waals surface area contributed by atoms with Gasteiger partial charge < -0.3 is 50.7 Å². The molecule has 16 nitrogen and oxygen atoms in total. The summed E-state index contributed by atoms with van der Waals surface area (Å²) in [4.78, 5) is 77.2. The van der Waals surface area contributed by atoms with Crippen molar-refractivity contribution in [3.05, 3.63) is 59.7 Å². The van der Waals surface area contributed by atoms with Crippen LogP contribution in [0.25, 0.3) is 11.1 Å². The SMILES string of the molecule is CC(CC(C)(C(=O)OC(O)(O)C(C)(C)C)c1ccc(-c2ccccc2)cc1[C@@](C)(C[C@H](C)NC(=O)CCC(=O)O)C(=O)OC(O)(O)C(C)(C)C)NC(=O)CCC(=O)O. The molecule has 0 saturated carbocycles. The molecule has 322 valence electrons. The molecule has 0 fully saturated rings. The number of esters is 2. The van der Waals surface area contributed by atoms with Crippen LogP contribution in [0.2, 0.25) is 0 Å². The van der Waals surface area contributed by atoms with Gasteiger partial charge in [0.1, 0.15) is 0 Å². The third kappa shape index (κ3) is 12.8. The molecule has 2 rings (SSSR count). The molecule has 0 aromatic heterocycles. The molecule has 0 bridgehead atoms. The van der Waals surface area contributed by atoms with Crippen LogP contribution in [0.15, 0.2) is 48.5 Å². The Morgan fingerprint density at radius 1 is 0.552 bits per heavy atom. The summed E-state index contributed by atoms with van der Waals surface area (Å²) in [6.07, 6.45) is -2.34. The van der Waals surface area contributed by atoms with E-state index in [-0.39, 0.29) is 36.8 Å².